The van der Waals surface area contributed by atoms with Crippen LogP contribution in [0.1, 0.15) is 107 Å². The highest BCUT2D eigenvalue weighted by molar-refractivity contribution is 5.98. The summed E-state index contributed by atoms with van der Waals surface area (Å²) in [6.45, 7) is 6.61. The van der Waals surface area contributed by atoms with Crippen molar-refractivity contribution in [2.45, 2.75) is 103 Å². The fourth-order valence-electron chi connectivity index (χ4n) is 5.86. The highest BCUT2D eigenvalue weighted by atomic mass is 19.1. The Kier molecular flexibility index (Phi) is 7.44. The van der Waals surface area contributed by atoms with E-state index in [2.05, 4.69) is 12.2 Å². The van der Waals surface area contributed by atoms with E-state index in [-0.39, 0.29) is 40.5 Å². The van der Waals surface area contributed by atoms with Gasteiger partial charge in [0.25, 0.3) is 5.91 Å². The largest absolute Gasteiger partial charge is 0.342 e. The number of nitrogens with one attached hydrogen (secondary N) is 1. The van der Waals surface area contributed by atoms with Crippen LogP contribution in [0.4, 0.5) is 4.39 Å². The standard InChI is InChI=1S/C28H39FN2O3/c1-4-24(32)25(19-8-6-5-7-9-19)30-26(33)22-11-10-20(17-23(22)29)21-12-15-31(18(2)16-21)27(34)28(3)13-14-28/h10-11,17-19,21,25H,4-9,12-16H2,1-3H3,(H,30,33). The van der Waals surface area contributed by atoms with Gasteiger partial charge in [-0.2, -0.15) is 0 Å². The predicted octanol–water partition coefficient (Wildman–Crippen LogP) is 5.38. The zero-order valence-electron chi connectivity index (χ0n) is 20.9. The van der Waals surface area contributed by atoms with Gasteiger partial charge in [-0.05, 0) is 75.0 Å². The van der Waals surface area contributed by atoms with E-state index in [0.717, 1.165) is 56.9 Å². The van der Waals surface area contributed by atoms with Gasteiger partial charge in [0.05, 0.1) is 11.6 Å². The van der Waals surface area contributed by atoms with Crippen LogP contribution in [0, 0.1) is 17.2 Å². The molecule has 0 bridgehead atoms. The molecule has 6 heteroatoms. The van der Waals surface area contributed by atoms with Crippen molar-refractivity contribution in [2.24, 2.45) is 11.3 Å². The number of halogens is 1. The second-order valence-electron chi connectivity index (χ2n) is 11.0. The Balaban J connectivity index is 1.42. The van der Waals surface area contributed by atoms with Crippen molar-refractivity contribution in [1.82, 2.24) is 10.2 Å². The molecule has 1 aromatic carbocycles. The van der Waals surface area contributed by atoms with Crippen LogP contribution in [0.15, 0.2) is 18.2 Å². The van der Waals surface area contributed by atoms with Gasteiger partial charge >= 0.3 is 0 Å². The number of piperidine rings is 1. The number of rotatable bonds is 7. The van der Waals surface area contributed by atoms with Gasteiger partial charge in [-0.3, -0.25) is 14.4 Å². The number of hydrogen-bond acceptors (Lipinski definition) is 3. The van der Waals surface area contributed by atoms with Crippen LogP contribution in [0.5, 0.6) is 0 Å². The Bertz CT molecular complexity index is 936. The molecule has 3 fully saturated rings. The minimum absolute atomic E-state index is 0.00390. The second kappa shape index (κ2) is 10.2. The number of hydrogen-bond donors (Lipinski definition) is 1. The third-order valence-corrected chi connectivity index (χ3v) is 8.47. The fraction of sp³-hybridized carbons (Fsp3) is 0.679. The van der Waals surface area contributed by atoms with Crippen molar-refractivity contribution in [2.75, 3.05) is 6.54 Å². The van der Waals surface area contributed by atoms with E-state index in [0.29, 0.717) is 13.0 Å². The van der Waals surface area contributed by atoms with E-state index in [1.54, 1.807) is 6.07 Å². The SMILES string of the molecule is CCC(=O)C(NC(=O)c1ccc(C2CCN(C(=O)C3(C)CC3)C(C)C2)cc1F)C1CCCCC1. The number of carbonyl (C=O) groups excluding carboxylic acids is 3. The summed E-state index contributed by atoms with van der Waals surface area (Å²) in [5.74, 6) is -0.474. The highest BCUT2D eigenvalue weighted by Gasteiger charge is 2.48. The molecule has 2 aliphatic carbocycles. The first-order valence-electron chi connectivity index (χ1n) is 13.2. The zero-order chi connectivity index (χ0) is 24.5. The fourth-order valence-corrected chi connectivity index (χ4v) is 5.86. The summed E-state index contributed by atoms with van der Waals surface area (Å²) >= 11 is 0. The van der Waals surface area contributed by atoms with Crippen molar-refractivity contribution >= 4 is 17.6 Å². The Morgan fingerprint density at radius 2 is 1.85 bits per heavy atom. The number of Topliss-reactive ketones (excluding diaryl/α,β-unsaturated/α-hetero) is 1. The van der Waals surface area contributed by atoms with Crippen LogP contribution >= 0.6 is 0 Å². The van der Waals surface area contributed by atoms with Crippen molar-refractivity contribution in [1.29, 1.82) is 0 Å². The van der Waals surface area contributed by atoms with Gasteiger partial charge in [-0.25, -0.2) is 4.39 Å². The Morgan fingerprint density at radius 1 is 1.15 bits per heavy atom. The van der Waals surface area contributed by atoms with E-state index in [1.165, 1.54) is 12.5 Å². The summed E-state index contributed by atoms with van der Waals surface area (Å²) in [6.07, 6.45) is 9.05. The summed E-state index contributed by atoms with van der Waals surface area (Å²) in [6, 6.07) is 4.45. The molecule has 4 rings (SSSR count). The first kappa shape index (κ1) is 24.9. The molecule has 1 aromatic rings. The molecule has 3 unspecified atom stereocenters. The van der Waals surface area contributed by atoms with Gasteiger partial charge in [0.15, 0.2) is 5.78 Å². The lowest BCUT2D eigenvalue weighted by Crippen LogP contribution is -2.47. The third-order valence-electron chi connectivity index (χ3n) is 8.47. The minimum Gasteiger partial charge on any atom is -0.342 e. The molecule has 186 valence electrons. The molecule has 1 N–H and O–H groups in total. The monoisotopic (exact) mass is 470 g/mol. The number of nitrogens with zero attached hydrogens (tertiary/aromatic N) is 1. The normalized spacial score (nSPS) is 25.5. The molecule has 1 heterocycles. The van der Waals surface area contributed by atoms with Gasteiger partial charge in [-0.15, -0.1) is 0 Å². The van der Waals surface area contributed by atoms with Crippen molar-refractivity contribution in [3.05, 3.63) is 35.1 Å². The lowest BCUT2D eigenvalue weighted by molar-refractivity contribution is -0.140. The molecule has 34 heavy (non-hydrogen) atoms. The Labute approximate surface area is 202 Å². The molecule has 1 saturated heterocycles. The summed E-state index contributed by atoms with van der Waals surface area (Å²) in [7, 11) is 0. The average Bonchev–Trinajstić information content (AvgIpc) is 3.60. The van der Waals surface area contributed by atoms with E-state index in [9.17, 15) is 14.4 Å². The van der Waals surface area contributed by atoms with Crippen LogP contribution in [-0.2, 0) is 9.59 Å². The number of likely N-dealkylation sites (tertiary alicyclic amines) is 1. The van der Waals surface area contributed by atoms with Crippen LogP contribution in [-0.4, -0.2) is 41.1 Å². The Morgan fingerprint density at radius 3 is 2.44 bits per heavy atom. The smallest absolute Gasteiger partial charge is 0.254 e. The molecule has 3 aliphatic rings. The molecule has 3 atom stereocenters. The molecule has 2 saturated carbocycles. The number of amides is 2. The average molecular weight is 471 g/mol. The maximum absolute atomic E-state index is 15.1. The van der Waals surface area contributed by atoms with E-state index in [1.807, 2.05) is 24.8 Å². The molecule has 0 aromatic heterocycles. The van der Waals surface area contributed by atoms with E-state index in [4.69, 9.17) is 0 Å². The molecule has 1 aliphatic heterocycles. The summed E-state index contributed by atoms with van der Waals surface area (Å²) in [5.41, 5.74) is 0.700. The second-order valence-corrected chi connectivity index (χ2v) is 11.0. The van der Waals surface area contributed by atoms with Crippen LogP contribution in [0.2, 0.25) is 0 Å². The van der Waals surface area contributed by atoms with Gasteiger partial charge in [0.2, 0.25) is 5.91 Å². The van der Waals surface area contributed by atoms with Gasteiger partial charge < -0.3 is 10.2 Å². The first-order valence-corrected chi connectivity index (χ1v) is 13.2. The number of carbonyl (C=O) groups is 3. The maximum atomic E-state index is 15.1. The predicted molar refractivity (Wildman–Crippen MR) is 130 cm³/mol. The zero-order valence-corrected chi connectivity index (χ0v) is 20.9. The van der Waals surface area contributed by atoms with Gasteiger partial charge in [0.1, 0.15) is 5.82 Å². The van der Waals surface area contributed by atoms with Crippen molar-refractivity contribution < 1.29 is 18.8 Å². The van der Waals surface area contributed by atoms with Crippen LogP contribution in [0.3, 0.4) is 0 Å². The van der Waals surface area contributed by atoms with E-state index >= 15 is 4.39 Å². The molecular formula is C28H39FN2O3. The number of ketones is 1. The molecule has 5 nitrogen and oxygen atoms in total. The van der Waals surface area contributed by atoms with Crippen molar-refractivity contribution in [3.63, 3.8) is 0 Å². The maximum Gasteiger partial charge on any atom is 0.254 e. The number of benzene rings is 1. The lowest BCUT2D eigenvalue weighted by atomic mass is 9.81. The minimum atomic E-state index is -0.544. The summed E-state index contributed by atoms with van der Waals surface area (Å²) in [4.78, 5) is 40.3. The topological polar surface area (TPSA) is 66.5 Å². The molecule has 0 radical (unpaired) electrons. The van der Waals surface area contributed by atoms with Crippen LogP contribution < -0.4 is 5.32 Å². The molecular weight excluding hydrogens is 431 g/mol. The summed E-state index contributed by atoms with van der Waals surface area (Å²) in [5, 5.41) is 2.87. The summed E-state index contributed by atoms with van der Waals surface area (Å²) < 4.78 is 15.1. The quantitative estimate of drug-likeness (QED) is 0.582. The third kappa shape index (κ3) is 5.21. The van der Waals surface area contributed by atoms with Crippen molar-refractivity contribution in [3.8, 4) is 0 Å². The highest BCUT2D eigenvalue weighted by Crippen LogP contribution is 2.48. The van der Waals surface area contributed by atoms with Crippen LogP contribution in [0.25, 0.3) is 0 Å². The Hall–Kier alpha value is -2.24. The first-order chi connectivity index (χ1) is 16.2. The van der Waals surface area contributed by atoms with E-state index < -0.39 is 17.8 Å². The van der Waals surface area contributed by atoms with Gasteiger partial charge in [0, 0.05) is 24.4 Å². The molecule has 0 spiro atoms. The lowest BCUT2D eigenvalue weighted by Gasteiger charge is -2.39. The van der Waals surface area contributed by atoms with Gasteiger partial charge in [-0.1, -0.05) is 39.2 Å². The molecule has 2 amide bonds.